The van der Waals surface area contributed by atoms with Gasteiger partial charge >= 0.3 is 11.9 Å². The Balaban J connectivity index is 3.02. The van der Waals surface area contributed by atoms with Crippen LogP contribution < -0.4 is 5.32 Å². The number of rotatable bonds is 6. The van der Waals surface area contributed by atoms with Crippen molar-refractivity contribution in [3.05, 3.63) is 0 Å². The first kappa shape index (κ1) is 19.3. The second kappa shape index (κ2) is 8.80. The average molecular weight is 333 g/mol. The number of nitrogens with one attached hydrogen (secondary N) is 1. The molecule has 1 rings (SSSR count). The van der Waals surface area contributed by atoms with Crippen molar-refractivity contribution in [3.63, 3.8) is 0 Å². The predicted molar refractivity (Wildman–Crippen MR) is 76.1 cm³/mol. The molecule has 1 aliphatic heterocycles. The number of hydrogen-bond acceptors (Lipinski definition) is 8. The number of aliphatic hydroxyl groups excluding tert-OH is 1. The van der Waals surface area contributed by atoms with Crippen LogP contribution >= 0.6 is 0 Å². The van der Waals surface area contributed by atoms with Gasteiger partial charge in [0.2, 0.25) is 5.91 Å². The highest BCUT2D eigenvalue weighted by Crippen LogP contribution is 2.25. The van der Waals surface area contributed by atoms with E-state index in [0.717, 1.165) is 0 Å². The monoisotopic (exact) mass is 333 g/mol. The Morgan fingerprint density at radius 1 is 1.13 bits per heavy atom. The Morgan fingerprint density at radius 3 is 2.26 bits per heavy atom. The van der Waals surface area contributed by atoms with Gasteiger partial charge < -0.3 is 29.4 Å². The van der Waals surface area contributed by atoms with Crippen molar-refractivity contribution in [3.8, 4) is 0 Å². The van der Waals surface area contributed by atoms with E-state index >= 15 is 0 Å². The van der Waals surface area contributed by atoms with Crippen molar-refractivity contribution >= 4 is 17.8 Å². The van der Waals surface area contributed by atoms with E-state index in [1.165, 1.54) is 20.8 Å². The van der Waals surface area contributed by atoms with Crippen LogP contribution in [0, 0.1) is 0 Å². The van der Waals surface area contributed by atoms with Crippen molar-refractivity contribution in [1.29, 1.82) is 0 Å². The first-order chi connectivity index (χ1) is 10.8. The summed E-state index contributed by atoms with van der Waals surface area (Å²) in [7, 11) is 0. The molecule has 1 amide bonds. The zero-order valence-electron chi connectivity index (χ0n) is 13.6. The van der Waals surface area contributed by atoms with Crippen molar-refractivity contribution < 1.29 is 38.4 Å². The molecule has 2 N–H and O–H groups in total. The quantitative estimate of drug-likeness (QED) is 0.601. The fraction of sp³-hybridized carbons (Fsp3) is 0.786. The van der Waals surface area contributed by atoms with Crippen molar-refractivity contribution in [2.45, 2.75) is 58.3 Å². The Hall–Kier alpha value is -1.71. The summed E-state index contributed by atoms with van der Waals surface area (Å²) in [5, 5.41) is 12.6. The second-order valence-electron chi connectivity index (χ2n) is 5.09. The van der Waals surface area contributed by atoms with Crippen LogP contribution in [0.25, 0.3) is 0 Å². The number of carbonyl (C=O) groups is 3. The predicted octanol–water partition coefficient (Wildman–Crippen LogP) is -0.892. The largest absolute Gasteiger partial charge is 0.463 e. The standard InChI is InChI=1S/C14H23NO8/c1-5-20-12-10(6-21-8(3)17)23-14(19)11(15-7(2)16)13(12)22-9(4)18/h10-14,19H,5-6H2,1-4H3,(H,15,16)/t10?,11?,12-,13+,14-/m1/s1. The molecule has 0 spiro atoms. The van der Waals surface area contributed by atoms with E-state index in [-0.39, 0.29) is 13.2 Å². The summed E-state index contributed by atoms with van der Waals surface area (Å²) >= 11 is 0. The van der Waals surface area contributed by atoms with Gasteiger partial charge in [-0.1, -0.05) is 0 Å². The van der Waals surface area contributed by atoms with E-state index in [2.05, 4.69) is 5.32 Å². The summed E-state index contributed by atoms with van der Waals surface area (Å²) in [6.45, 7) is 5.52. The lowest BCUT2D eigenvalue weighted by Crippen LogP contribution is -2.65. The molecule has 9 nitrogen and oxygen atoms in total. The Bertz CT molecular complexity index is 440. The Kier molecular flexibility index (Phi) is 7.40. The molecule has 0 radical (unpaired) electrons. The van der Waals surface area contributed by atoms with E-state index in [1.807, 2.05) is 0 Å². The maximum atomic E-state index is 11.4. The first-order valence-electron chi connectivity index (χ1n) is 7.29. The summed E-state index contributed by atoms with van der Waals surface area (Å²) in [5.74, 6) is -1.55. The second-order valence-corrected chi connectivity index (χ2v) is 5.09. The van der Waals surface area contributed by atoms with Gasteiger partial charge in [0.05, 0.1) is 0 Å². The molecule has 1 saturated heterocycles. The van der Waals surface area contributed by atoms with E-state index in [0.29, 0.717) is 0 Å². The molecule has 0 aromatic heterocycles. The first-order valence-corrected chi connectivity index (χ1v) is 7.29. The van der Waals surface area contributed by atoms with Gasteiger partial charge in [0.1, 0.15) is 24.9 Å². The highest BCUT2D eigenvalue weighted by atomic mass is 16.7. The normalized spacial score (nSPS) is 30.4. The van der Waals surface area contributed by atoms with Crippen LogP contribution in [0.3, 0.4) is 0 Å². The number of esters is 2. The van der Waals surface area contributed by atoms with Crippen LogP contribution in [0.4, 0.5) is 0 Å². The number of carbonyl (C=O) groups excluding carboxylic acids is 3. The van der Waals surface area contributed by atoms with Gasteiger partial charge in [-0.15, -0.1) is 0 Å². The zero-order valence-corrected chi connectivity index (χ0v) is 13.6. The van der Waals surface area contributed by atoms with Crippen molar-refractivity contribution in [2.75, 3.05) is 13.2 Å². The maximum absolute atomic E-state index is 11.4. The maximum Gasteiger partial charge on any atom is 0.303 e. The molecule has 0 aliphatic carbocycles. The minimum atomic E-state index is -1.44. The lowest BCUT2D eigenvalue weighted by molar-refractivity contribution is -0.267. The Labute approximate surface area is 134 Å². The van der Waals surface area contributed by atoms with Crippen LogP contribution in [0.1, 0.15) is 27.7 Å². The molecule has 0 saturated carbocycles. The summed E-state index contributed by atoms with van der Waals surface area (Å²) in [5.41, 5.74) is 0. The van der Waals surface area contributed by atoms with E-state index in [1.54, 1.807) is 6.92 Å². The van der Waals surface area contributed by atoms with Gasteiger partial charge in [0, 0.05) is 27.4 Å². The van der Waals surface area contributed by atoms with Crippen molar-refractivity contribution in [1.82, 2.24) is 5.32 Å². The van der Waals surface area contributed by atoms with Gasteiger partial charge in [0.15, 0.2) is 12.4 Å². The molecule has 1 fully saturated rings. The van der Waals surface area contributed by atoms with Crippen LogP contribution in [0.2, 0.25) is 0 Å². The molecule has 2 unspecified atom stereocenters. The molecule has 23 heavy (non-hydrogen) atoms. The molecule has 5 atom stereocenters. The highest BCUT2D eigenvalue weighted by Gasteiger charge is 2.48. The lowest BCUT2D eigenvalue weighted by atomic mass is 9.96. The van der Waals surface area contributed by atoms with Crippen LogP contribution in [-0.2, 0) is 33.3 Å². The number of aliphatic hydroxyl groups is 1. The van der Waals surface area contributed by atoms with Gasteiger partial charge in [-0.2, -0.15) is 0 Å². The van der Waals surface area contributed by atoms with Gasteiger partial charge in [-0.3, -0.25) is 14.4 Å². The third-order valence-electron chi connectivity index (χ3n) is 3.15. The number of amides is 1. The summed E-state index contributed by atoms with van der Waals surface area (Å²) < 4.78 is 21.0. The van der Waals surface area contributed by atoms with E-state index in [4.69, 9.17) is 18.9 Å². The summed E-state index contributed by atoms with van der Waals surface area (Å²) in [4.78, 5) is 33.7. The lowest BCUT2D eigenvalue weighted by Gasteiger charge is -2.43. The average Bonchev–Trinajstić information content (AvgIpc) is 2.43. The molecular formula is C14H23NO8. The van der Waals surface area contributed by atoms with Crippen LogP contribution in [-0.4, -0.2) is 66.8 Å². The number of ether oxygens (including phenoxy) is 4. The molecule has 1 heterocycles. The van der Waals surface area contributed by atoms with E-state index in [9.17, 15) is 19.5 Å². The minimum Gasteiger partial charge on any atom is -0.463 e. The molecule has 0 aromatic carbocycles. The van der Waals surface area contributed by atoms with Gasteiger partial charge in [0.25, 0.3) is 0 Å². The zero-order chi connectivity index (χ0) is 17.6. The molecule has 0 aromatic rings. The third kappa shape index (κ3) is 5.77. The topological polar surface area (TPSA) is 120 Å². The molecular weight excluding hydrogens is 310 g/mol. The Morgan fingerprint density at radius 2 is 1.78 bits per heavy atom. The van der Waals surface area contributed by atoms with Gasteiger partial charge in [-0.25, -0.2) is 0 Å². The van der Waals surface area contributed by atoms with E-state index < -0.39 is 48.5 Å². The molecule has 132 valence electrons. The van der Waals surface area contributed by atoms with Crippen LogP contribution in [0.15, 0.2) is 0 Å². The highest BCUT2D eigenvalue weighted by molar-refractivity contribution is 5.73. The van der Waals surface area contributed by atoms with Crippen LogP contribution in [0.5, 0.6) is 0 Å². The summed E-state index contributed by atoms with van der Waals surface area (Å²) in [6.07, 6.45) is -4.09. The molecule has 1 aliphatic rings. The number of hydrogen-bond donors (Lipinski definition) is 2. The molecule has 0 bridgehead atoms. The minimum absolute atomic E-state index is 0.179. The third-order valence-corrected chi connectivity index (χ3v) is 3.15. The van der Waals surface area contributed by atoms with Gasteiger partial charge in [-0.05, 0) is 6.92 Å². The van der Waals surface area contributed by atoms with Crippen molar-refractivity contribution in [2.24, 2.45) is 0 Å². The SMILES string of the molecule is CCO[C@@H]1C(COC(C)=O)O[C@@H](O)C(NC(C)=O)[C@@H]1OC(C)=O. The fourth-order valence-corrected chi connectivity index (χ4v) is 2.37. The summed E-state index contributed by atoms with van der Waals surface area (Å²) in [6, 6.07) is -0.999. The smallest absolute Gasteiger partial charge is 0.303 e. The fourth-order valence-electron chi connectivity index (χ4n) is 2.37. The molecule has 9 heteroatoms.